The molecule has 0 saturated carbocycles. The van der Waals surface area contributed by atoms with Gasteiger partial charge in [-0.15, -0.1) is 10.2 Å². The fourth-order valence-electron chi connectivity index (χ4n) is 1.85. The van der Waals surface area contributed by atoms with Gasteiger partial charge in [0.25, 0.3) is 0 Å². The monoisotopic (exact) mass is 275 g/mol. The van der Waals surface area contributed by atoms with Gasteiger partial charge in [0.15, 0.2) is 5.82 Å². The Balaban J connectivity index is 1.97. The molecule has 0 fully saturated rings. The lowest BCUT2D eigenvalue weighted by Gasteiger charge is -2.09. The standard InChI is InChI=1S/C15H21N3O2/c1-4-9-19-12-7-6-8-13(10-12)20-11-15-17-16-14(5-2)18(15)3/h6-8,10H,4-5,9,11H2,1-3H3. The van der Waals surface area contributed by atoms with E-state index in [1.807, 2.05) is 35.9 Å². The third kappa shape index (κ3) is 3.50. The van der Waals surface area contributed by atoms with E-state index in [-0.39, 0.29) is 0 Å². The Bertz CT molecular complexity index is 552. The summed E-state index contributed by atoms with van der Waals surface area (Å²) in [5.41, 5.74) is 0. The van der Waals surface area contributed by atoms with Crippen molar-refractivity contribution in [2.45, 2.75) is 33.3 Å². The van der Waals surface area contributed by atoms with E-state index in [9.17, 15) is 0 Å². The van der Waals surface area contributed by atoms with Crippen LogP contribution in [0.3, 0.4) is 0 Å². The zero-order valence-corrected chi connectivity index (χ0v) is 12.3. The fraction of sp³-hybridized carbons (Fsp3) is 0.467. The maximum atomic E-state index is 5.75. The van der Waals surface area contributed by atoms with Crippen LogP contribution < -0.4 is 9.47 Å². The average Bonchev–Trinajstić information content (AvgIpc) is 2.84. The Morgan fingerprint density at radius 2 is 1.75 bits per heavy atom. The highest BCUT2D eigenvalue weighted by Gasteiger charge is 2.07. The number of nitrogens with zero attached hydrogens (tertiary/aromatic N) is 3. The van der Waals surface area contributed by atoms with Crippen molar-refractivity contribution in [2.24, 2.45) is 7.05 Å². The summed E-state index contributed by atoms with van der Waals surface area (Å²) in [4.78, 5) is 0. The second-order valence-corrected chi connectivity index (χ2v) is 4.56. The van der Waals surface area contributed by atoms with Gasteiger partial charge >= 0.3 is 0 Å². The molecule has 0 bridgehead atoms. The molecule has 5 nitrogen and oxygen atoms in total. The molecule has 0 spiro atoms. The van der Waals surface area contributed by atoms with Crippen LogP contribution in [0.1, 0.15) is 31.9 Å². The minimum absolute atomic E-state index is 0.404. The lowest BCUT2D eigenvalue weighted by Crippen LogP contribution is -2.05. The predicted octanol–water partition coefficient (Wildman–Crippen LogP) is 2.75. The lowest BCUT2D eigenvalue weighted by molar-refractivity contribution is 0.284. The number of rotatable bonds is 7. The van der Waals surface area contributed by atoms with Crippen molar-refractivity contribution in [3.8, 4) is 11.5 Å². The van der Waals surface area contributed by atoms with E-state index in [0.717, 1.165) is 36.0 Å². The Kier molecular flexibility index (Phi) is 4.98. The van der Waals surface area contributed by atoms with Crippen molar-refractivity contribution in [3.05, 3.63) is 35.9 Å². The summed E-state index contributed by atoms with van der Waals surface area (Å²) in [7, 11) is 1.96. The van der Waals surface area contributed by atoms with Crippen molar-refractivity contribution in [2.75, 3.05) is 6.61 Å². The Hall–Kier alpha value is -2.04. The zero-order chi connectivity index (χ0) is 14.4. The Morgan fingerprint density at radius 1 is 1.05 bits per heavy atom. The molecule has 2 rings (SSSR count). The highest BCUT2D eigenvalue weighted by atomic mass is 16.5. The molecule has 0 unspecified atom stereocenters. The summed E-state index contributed by atoms with van der Waals surface area (Å²) in [6.07, 6.45) is 1.85. The van der Waals surface area contributed by atoms with E-state index in [1.165, 1.54) is 0 Å². The van der Waals surface area contributed by atoms with Gasteiger partial charge in [0.05, 0.1) is 6.61 Å². The first-order valence-corrected chi connectivity index (χ1v) is 6.97. The third-order valence-electron chi connectivity index (χ3n) is 3.02. The molecule has 20 heavy (non-hydrogen) atoms. The molecular formula is C15H21N3O2. The quantitative estimate of drug-likeness (QED) is 0.779. The highest BCUT2D eigenvalue weighted by Crippen LogP contribution is 2.20. The van der Waals surface area contributed by atoms with Gasteiger partial charge in [-0.05, 0) is 18.6 Å². The van der Waals surface area contributed by atoms with Gasteiger partial charge in [-0.2, -0.15) is 0 Å². The normalized spacial score (nSPS) is 10.6. The molecule has 5 heteroatoms. The van der Waals surface area contributed by atoms with Crippen LogP contribution in [0.25, 0.3) is 0 Å². The van der Waals surface area contributed by atoms with Crippen LogP contribution in [-0.4, -0.2) is 21.4 Å². The minimum Gasteiger partial charge on any atom is -0.493 e. The number of benzene rings is 1. The molecule has 0 atom stereocenters. The molecule has 1 aromatic carbocycles. The van der Waals surface area contributed by atoms with Gasteiger partial charge in [0.2, 0.25) is 0 Å². The maximum absolute atomic E-state index is 5.75. The van der Waals surface area contributed by atoms with Crippen molar-refractivity contribution >= 4 is 0 Å². The summed E-state index contributed by atoms with van der Waals surface area (Å²) < 4.78 is 13.3. The Labute approximate surface area is 119 Å². The summed E-state index contributed by atoms with van der Waals surface area (Å²) in [5, 5.41) is 8.24. The molecule has 0 saturated heterocycles. The second kappa shape index (κ2) is 6.93. The van der Waals surface area contributed by atoms with Crippen LogP contribution in [-0.2, 0) is 20.1 Å². The average molecular weight is 275 g/mol. The Morgan fingerprint density at radius 3 is 2.40 bits per heavy atom. The first kappa shape index (κ1) is 14.4. The van der Waals surface area contributed by atoms with Crippen molar-refractivity contribution in [1.29, 1.82) is 0 Å². The van der Waals surface area contributed by atoms with E-state index in [1.54, 1.807) is 0 Å². The first-order chi connectivity index (χ1) is 9.74. The van der Waals surface area contributed by atoms with E-state index in [0.29, 0.717) is 13.2 Å². The summed E-state index contributed by atoms with van der Waals surface area (Å²) in [5.74, 6) is 3.39. The molecule has 0 aliphatic heterocycles. The van der Waals surface area contributed by atoms with Crippen molar-refractivity contribution < 1.29 is 9.47 Å². The van der Waals surface area contributed by atoms with Crippen molar-refractivity contribution in [1.82, 2.24) is 14.8 Å². The highest BCUT2D eigenvalue weighted by molar-refractivity contribution is 5.32. The third-order valence-corrected chi connectivity index (χ3v) is 3.02. The zero-order valence-electron chi connectivity index (χ0n) is 12.3. The number of aryl methyl sites for hydroxylation is 1. The minimum atomic E-state index is 0.404. The van der Waals surface area contributed by atoms with Crippen molar-refractivity contribution in [3.63, 3.8) is 0 Å². The van der Waals surface area contributed by atoms with Gasteiger partial charge < -0.3 is 14.0 Å². The van der Waals surface area contributed by atoms with E-state index in [4.69, 9.17) is 9.47 Å². The van der Waals surface area contributed by atoms with Gasteiger partial charge in [0, 0.05) is 19.5 Å². The van der Waals surface area contributed by atoms with Crippen LogP contribution in [0, 0.1) is 0 Å². The number of hydrogen-bond acceptors (Lipinski definition) is 4. The van der Waals surface area contributed by atoms with Crippen LogP contribution in [0.4, 0.5) is 0 Å². The number of ether oxygens (including phenoxy) is 2. The van der Waals surface area contributed by atoms with E-state index < -0.39 is 0 Å². The molecule has 0 N–H and O–H groups in total. The van der Waals surface area contributed by atoms with E-state index in [2.05, 4.69) is 24.0 Å². The lowest BCUT2D eigenvalue weighted by atomic mass is 10.3. The largest absolute Gasteiger partial charge is 0.493 e. The van der Waals surface area contributed by atoms with Gasteiger partial charge in [-0.25, -0.2) is 0 Å². The van der Waals surface area contributed by atoms with E-state index >= 15 is 0 Å². The summed E-state index contributed by atoms with van der Waals surface area (Å²) in [6.45, 7) is 5.26. The summed E-state index contributed by atoms with van der Waals surface area (Å²) >= 11 is 0. The molecule has 0 aliphatic rings. The maximum Gasteiger partial charge on any atom is 0.170 e. The van der Waals surface area contributed by atoms with Crippen LogP contribution in [0.2, 0.25) is 0 Å². The predicted molar refractivity (Wildman–Crippen MR) is 76.9 cm³/mol. The van der Waals surface area contributed by atoms with Crippen LogP contribution in [0.15, 0.2) is 24.3 Å². The van der Waals surface area contributed by atoms with Gasteiger partial charge in [0.1, 0.15) is 23.9 Å². The first-order valence-electron chi connectivity index (χ1n) is 6.97. The molecular weight excluding hydrogens is 254 g/mol. The van der Waals surface area contributed by atoms with Crippen LogP contribution >= 0.6 is 0 Å². The molecule has 1 heterocycles. The topological polar surface area (TPSA) is 49.2 Å². The SMILES string of the molecule is CCCOc1cccc(OCc2nnc(CC)n2C)c1. The molecule has 0 radical (unpaired) electrons. The molecule has 2 aromatic rings. The van der Waals surface area contributed by atoms with Gasteiger partial charge in [-0.1, -0.05) is 19.9 Å². The number of hydrogen-bond donors (Lipinski definition) is 0. The summed E-state index contributed by atoms with van der Waals surface area (Å²) in [6, 6.07) is 7.66. The number of aromatic nitrogens is 3. The van der Waals surface area contributed by atoms with Crippen LogP contribution in [0.5, 0.6) is 11.5 Å². The molecule has 1 aromatic heterocycles. The molecule has 108 valence electrons. The molecule has 0 amide bonds. The fourth-order valence-corrected chi connectivity index (χ4v) is 1.85. The van der Waals surface area contributed by atoms with Gasteiger partial charge in [-0.3, -0.25) is 0 Å². The second-order valence-electron chi connectivity index (χ2n) is 4.56. The smallest absolute Gasteiger partial charge is 0.170 e. The molecule has 0 aliphatic carbocycles.